The van der Waals surface area contributed by atoms with Gasteiger partial charge in [-0.25, -0.2) is 13.8 Å². The van der Waals surface area contributed by atoms with Crippen LogP contribution >= 0.6 is 0 Å². The Labute approximate surface area is 414 Å². The fourth-order valence-corrected chi connectivity index (χ4v) is 10.4. The van der Waals surface area contributed by atoms with Gasteiger partial charge in [0.1, 0.15) is 104 Å². The van der Waals surface area contributed by atoms with Crippen LogP contribution < -0.4 is 14.2 Å². The third kappa shape index (κ3) is 15.0. The van der Waals surface area contributed by atoms with Crippen LogP contribution in [0.5, 0.6) is 0 Å². The summed E-state index contributed by atoms with van der Waals surface area (Å²) in [6.07, 6.45) is -54.7. The van der Waals surface area contributed by atoms with E-state index in [1.165, 1.54) is 14.2 Å². The van der Waals surface area contributed by atoms with E-state index >= 15 is 0 Å². The summed E-state index contributed by atoms with van der Waals surface area (Å²) in [7, 11) is -22.1. The predicted octanol–water partition coefficient (Wildman–Crippen LogP) is -13.7. The Morgan fingerprint density at radius 3 is 1.23 bits per heavy atom. The van der Waals surface area contributed by atoms with Gasteiger partial charge >= 0.3 is 53.3 Å². The fraction of sp³-hybridized carbons (Fsp3) is 0.933. The lowest BCUT2D eigenvalue weighted by atomic mass is 9.94. The molecule has 0 aromatic carbocycles. The number of aliphatic hydroxyl groups excluding tert-OH is 11. The molecule has 0 aromatic rings. The third-order valence-electron chi connectivity index (χ3n) is 11.4. The zero-order chi connectivity index (χ0) is 55.9. The summed E-state index contributed by atoms with van der Waals surface area (Å²) in [5, 5.41) is 137. The minimum absolute atomic E-state index is 1.11. The van der Waals surface area contributed by atoms with Gasteiger partial charge in [0.25, 0.3) is 0 Å². The summed E-state index contributed by atoms with van der Waals surface area (Å²) < 4.78 is 189. The van der Waals surface area contributed by atoms with Crippen LogP contribution in [0, 0.1) is 0 Å². The first-order valence-corrected chi connectivity index (χ1v) is 26.2. The van der Waals surface area contributed by atoms with Crippen molar-refractivity contribution in [2.75, 3.05) is 19.8 Å². The van der Waals surface area contributed by atoms with E-state index in [0.717, 1.165) is 0 Å². The number of carboxylic acids is 2. The second-order valence-electron chi connectivity index (χ2n) is 16.4. The van der Waals surface area contributed by atoms with Crippen molar-refractivity contribution in [2.24, 2.45) is 0 Å². The molecule has 44 heteroatoms. The van der Waals surface area contributed by atoms with E-state index in [1.807, 2.05) is 0 Å². The molecule has 5 heterocycles. The van der Waals surface area contributed by atoms with Gasteiger partial charge < -0.3 is 109 Å². The second-order valence-corrected chi connectivity index (χ2v) is 21.0. The van der Waals surface area contributed by atoms with Gasteiger partial charge in [0.15, 0.2) is 49.8 Å². The molecule has 0 spiro atoms. The van der Waals surface area contributed by atoms with E-state index in [9.17, 15) is 128 Å². The minimum Gasteiger partial charge on any atom is -0.479 e. The standard InChI is InChI=1S/C30H51N3O37S4/c34-1-4-10(37)11(38)8(32-72(52,53)54)27(62-4)66-19-14(41)15(42)29(68-22(19)24(44)45)64-18-6(3-36)63-28(9(13(18)40)33-73(55,56)57)67-20-16(43)21(70-74(58,59)60)30(69-23(20)25(46)47)65-17-5(2-35)61-26(48)7(12(17)39)31-71(49,50)51/h4-23,26-43,48H,1-3H2,(H,44,45)(H,46,47)(H,49,50,51)(H,52,53,54)(H,55,56,57)(H,58,59,60)/t4-,5-,6-,7-,8-,9-,10-,11-,12-,13-,14-,15-,16+,17-,18-,19+,20+,21-,22-,23-,26?,27-,28-,29-,30-/m1/s1. The highest BCUT2D eigenvalue weighted by Gasteiger charge is 2.60. The first-order valence-electron chi connectivity index (χ1n) is 20.5. The molecule has 20 N–H and O–H groups in total. The molecule has 0 bridgehead atoms. The quantitative estimate of drug-likeness (QED) is 0.0475. The van der Waals surface area contributed by atoms with Crippen molar-refractivity contribution in [2.45, 2.75) is 153 Å². The van der Waals surface area contributed by atoms with Gasteiger partial charge in [-0.2, -0.15) is 47.8 Å². The highest BCUT2D eigenvalue weighted by Crippen LogP contribution is 2.37. The van der Waals surface area contributed by atoms with E-state index in [1.54, 1.807) is 0 Å². The molecule has 0 saturated carbocycles. The van der Waals surface area contributed by atoms with Crippen LogP contribution in [0.3, 0.4) is 0 Å². The largest absolute Gasteiger partial charge is 0.479 e. The minimum atomic E-state index is -5.86. The van der Waals surface area contributed by atoms with Crippen LogP contribution in [-0.4, -0.2) is 303 Å². The third-order valence-corrected chi connectivity index (χ3v) is 13.6. The van der Waals surface area contributed by atoms with E-state index in [4.69, 9.17) is 42.6 Å². The maximum absolute atomic E-state index is 12.7. The molecule has 40 nitrogen and oxygen atoms in total. The first-order chi connectivity index (χ1) is 34.0. The van der Waals surface area contributed by atoms with E-state index in [0.29, 0.717) is 0 Å². The number of aliphatic hydroxyl groups is 11. The lowest BCUT2D eigenvalue weighted by Crippen LogP contribution is -2.71. The monoisotopic (exact) mass is 1170 g/mol. The topological polar surface area (TPSA) is 643 Å². The predicted molar refractivity (Wildman–Crippen MR) is 215 cm³/mol. The Kier molecular flexibility index (Phi) is 20.5. The van der Waals surface area contributed by atoms with Crippen molar-refractivity contribution in [3.8, 4) is 0 Å². The number of hydrogen-bond acceptors (Lipinski definition) is 31. The van der Waals surface area contributed by atoms with E-state index < -0.39 is 226 Å². The Hall–Kier alpha value is -2.38. The second kappa shape index (κ2) is 24.3. The molecule has 5 saturated heterocycles. The summed E-state index contributed by atoms with van der Waals surface area (Å²) in [5.74, 6) is -4.34. The van der Waals surface area contributed by atoms with Crippen LogP contribution in [0.15, 0.2) is 0 Å². The van der Waals surface area contributed by atoms with Crippen LogP contribution in [-0.2, 0) is 97.7 Å². The molecule has 25 atom stereocenters. The molecule has 1 unspecified atom stereocenters. The van der Waals surface area contributed by atoms with Gasteiger partial charge in [0, 0.05) is 0 Å². The number of carbonyl (C=O) groups is 2. The molecule has 0 amide bonds. The molecular formula is C30H51N3O37S4. The van der Waals surface area contributed by atoms with Crippen molar-refractivity contribution >= 4 is 53.3 Å². The number of nitrogens with one attached hydrogen (secondary N) is 3. The van der Waals surface area contributed by atoms with Gasteiger partial charge in [-0.3, -0.25) is 18.2 Å². The van der Waals surface area contributed by atoms with E-state index in [-0.39, 0.29) is 0 Å². The number of ether oxygens (including phenoxy) is 9. The molecule has 5 rings (SSSR count). The van der Waals surface area contributed by atoms with E-state index in [2.05, 4.69) is 4.18 Å². The zero-order valence-corrected chi connectivity index (χ0v) is 39.7. The molecule has 5 aliphatic heterocycles. The molecule has 0 aliphatic carbocycles. The first kappa shape index (κ1) is 62.5. The van der Waals surface area contributed by atoms with Gasteiger partial charge in [-0.15, -0.1) is 0 Å². The average Bonchev–Trinajstić information content (AvgIpc) is 3.27. The Balaban J connectivity index is 1.43. The molecule has 0 aromatic heterocycles. The van der Waals surface area contributed by atoms with Crippen molar-refractivity contribution in [3.05, 3.63) is 0 Å². The number of hydrogen-bond donors (Lipinski definition) is 20. The smallest absolute Gasteiger partial charge is 0.397 e. The molecule has 5 aliphatic rings. The van der Waals surface area contributed by atoms with Crippen molar-refractivity contribution in [3.63, 3.8) is 0 Å². The molecule has 74 heavy (non-hydrogen) atoms. The van der Waals surface area contributed by atoms with Crippen molar-refractivity contribution < 1.29 is 175 Å². The maximum atomic E-state index is 12.7. The van der Waals surface area contributed by atoms with Crippen molar-refractivity contribution in [1.29, 1.82) is 0 Å². The summed E-state index contributed by atoms with van der Waals surface area (Å²) >= 11 is 0. The Bertz CT molecular complexity index is 2390. The van der Waals surface area contributed by atoms with Gasteiger partial charge in [0.05, 0.1) is 19.8 Å². The SMILES string of the molecule is O=C(O)[C@@H]1O[C@@H](O[C@H]2[C@H](O)[C@@H](NS(=O)(=O)O)[C@@H](O[C@H]3[C@H](O)[C@@H](OS(=O)(=O)O)[C@H](O[C@H]4[C@H](O)[C@@H](NS(=O)(=O)O)C(O)O[C@@H]4CO)O[C@H]3C(=O)O)O[C@@H]2CO)[C@H](O)[C@@H](O)[C@@H]1O[C@H]1O[C@H](CO)[C@@H](O)[C@H](O)[C@H]1NS(=O)(=O)O. The number of carboxylic acid groups (broad SMARTS) is 2. The molecule has 0 radical (unpaired) electrons. The fourth-order valence-electron chi connectivity index (χ4n) is 8.14. The van der Waals surface area contributed by atoms with Crippen LogP contribution in [0.1, 0.15) is 0 Å². The Morgan fingerprint density at radius 1 is 0.405 bits per heavy atom. The summed E-state index contributed by atoms with van der Waals surface area (Å²) in [6.45, 7) is -3.80. The Morgan fingerprint density at radius 2 is 0.784 bits per heavy atom. The zero-order valence-electron chi connectivity index (χ0n) is 36.5. The lowest BCUT2D eigenvalue weighted by molar-refractivity contribution is -0.374. The van der Waals surface area contributed by atoms with Gasteiger partial charge in [-0.05, 0) is 0 Å². The number of aliphatic carboxylic acids is 2. The molecule has 432 valence electrons. The molecule has 5 fully saturated rings. The normalized spacial score (nSPS) is 43.9. The molecular weight excluding hydrogens is 1120 g/mol. The van der Waals surface area contributed by atoms with Gasteiger partial charge in [0.2, 0.25) is 0 Å². The van der Waals surface area contributed by atoms with Crippen LogP contribution in [0.25, 0.3) is 0 Å². The maximum Gasteiger partial charge on any atom is 0.397 e. The summed E-state index contributed by atoms with van der Waals surface area (Å²) in [5.41, 5.74) is 0. The highest BCUT2D eigenvalue weighted by molar-refractivity contribution is 7.84. The number of rotatable bonds is 21. The summed E-state index contributed by atoms with van der Waals surface area (Å²) in [6, 6.07) is -7.18. The van der Waals surface area contributed by atoms with Crippen molar-refractivity contribution in [1.82, 2.24) is 14.2 Å². The summed E-state index contributed by atoms with van der Waals surface area (Å²) in [4.78, 5) is 25.2. The van der Waals surface area contributed by atoms with Gasteiger partial charge in [-0.1, -0.05) is 0 Å². The average molecular weight is 1170 g/mol. The lowest BCUT2D eigenvalue weighted by Gasteiger charge is -2.50. The van der Waals surface area contributed by atoms with Crippen LogP contribution in [0.4, 0.5) is 0 Å². The van der Waals surface area contributed by atoms with Crippen LogP contribution in [0.2, 0.25) is 0 Å². The highest BCUT2D eigenvalue weighted by atomic mass is 32.3.